The standard InChI is InChI=1S/C27H25ClN2O3/c1-33-27(32)21-5-9-23(10-6-21)30-14-12-20(13-15-30)26(31)25-16-18(17-29)2-11-24(25)19-3-7-22(28)8-4-19/h2-11,16,20,26,31H,12-15H2,1H3. The highest BCUT2D eigenvalue weighted by molar-refractivity contribution is 6.30. The van der Waals surface area contributed by atoms with Crippen LogP contribution in [-0.2, 0) is 4.74 Å². The summed E-state index contributed by atoms with van der Waals surface area (Å²) in [6.07, 6.45) is 0.959. The van der Waals surface area contributed by atoms with E-state index in [0.29, 0.717) is 16.1 Å². The highest BCUT2D eigenvalue weighted by atomic mass is 35.5. The van der Waals surface area contributed by atoms with Crippen molar-refractivity contribution in [2.45, 2.75) is 18.9 Å². The summed E-state index contributed by atoms with van der Waals surface area (Å²) in [4.78, 5) is 13.9. The summed E-state index contributed by atoms with van der Waals surface area (Å²) in [5, 5.41) is 21.4. The summed E-state index contributed by atoms with van der Waals surface area (Å²) in [7, 11) is 1.37. The number of esters is 1. The van der Waals surface area contributed by atoms with Gasteiger partial charge in [-0.05, 0) is 84.0 Å². The molecule has 168 valence electrons. The number of carbonyl (C=O) groups is 1. The lowest BCUT2D eigenvalue weighted by molar-refractivity contribution is 0.0600. The Labute approximate surface area is 198 Å². The fraction of sp³-hybridized carbons (Fsp3) is 0.259. The molecule has 1 aliphatic rings. The Morgan fingerprint density at radius 1 is 1.09 bits per heavy atom. The Bertz CT molecular complexity index is 1160. The van der Waals surface area contributed by atoms with Gasteiger partial charge < -0.3 is 14.7 Å². The van der Waals surface area contributed by atoms with Gasteiger partial charge in [0, 0.05) is 23.8 Å². The van der Waals surface area contributed by atoms with Gasteiger partial charge in [-0.2, -0.15) is 5.26 Å². The molecule has 33 heavy (non-hydrogen) atoms. The highest BCUT2D eigenvalue weighted by Crippen LogP contribution is 2.38. The van der Waals surface area contributed by atoms with Crippen LogP contribution in [0.4, 0.5) is 5.69 Å². The average Bonchev–Trinajstić information content (AvgIpc) is 2.88. The molecule has 0 saturated carbocycles. The molecule has 5 nitrogen and oxygen atoms in total. The summed E-state index contributed by atoms with van der Waals surface area (Å²) in [5.41, 5.74) is 4.75. The van der Waals surface area contributed by atoms with Gasteiger partial charge in [0.25, 0.3) is 0 Å². The van der Waals surface area contributed by atoms with Crippen molar-refractivity contribution in [2.75, 3.05) is 25.1 Å². The monoisotopic (exact) mass is 460 g/mol. The van der Waals surface area contributed by atoms with Crippen molar-refractivity contribution < 1.29 is 14.6 Å². The molecule has 0 radical (unpaired) electrons. The number of rotatable bonds is 5. The molecular formula is C27H25ClN2O3. The van der Waals surface area contributed by atoms with Crippen molar-refractivity contribution in [2.24, 2.45) is 5.92 Å². The van der Waals surface area contributed by atoms with Crippen LogP contribution < -0.4 is 4.90 Å². The SMILES string of the molecule is COC(=O)c1ccc(N2CCC(C(O)c3cc(C#N)ccc3-c3ccc(Cl)cc3)CC2)cc1. The third kappa shape index (κ3) is 5.03. The number of anilines is 1. The maximum Gasteiger partial charge on any atom is 0.337 e. The second-order valence-electron chi connectivity index (χ2n) is 8.23. The minimum Gasteiger partial charge on any atom is -0.465 e. The van der Waals surface area contributed by atoms with Gasteiger partial charge in [0.2, 0.25) is 0 Å². The number of ether oxygens (including phenoxy) is 1. The van der Waals surface area contributed by atoms with E-state index >= 15 is 0 Å². The summed E-state index contributed by atoms with van der Waals surface area (Å²) < 4.78 is 4.76. The predicted molar refractivity (Wildman–Crippen MR) is 129 cm³/mol. The molecule has 1 atom stereocenters. The number of nitrogens with zero attached hydrogens (tertiary/aromatic N) is 2. The van der Waals surface area contributed by atoms with Crippen molar-refractivity contribution in [3.8, 4) is 17.2 Å². The molecular weight excluding hydrogens is 436 g/mol. The van der Waals surface area contributed by atoms with Gasteiger partial charge in [-0.25, -0.2) is 4.79 Å². The number of aliphatic hydroxyl groups is 1. The van der Waals surface area contributed by atoms with E-state index in [1.54, 1.807) is 24.3 Å². The van der Waals surface area contributed by atoms with Crippen molar-refractivity contribution in [1.82, 2.24) is 0 Å². The fourth-order valence-corrected chi connectivity index (χ4v) is 4.55. The van der Waals surface area contributed by atoms with Crippen LogP contribution in [0.5, 0.6) is 0 Å². The minimum absolute atomic E-state index is 0.0792. The lowest BCUT2D eigenvalue weighted by atomic mass is 9.83. The Morgan fingerprint density at radius 2 is 1.76 bits per heavy atom. The number of nitriles is 1. The number of piperidine rings is 1. The van der Waals surface area contributed by atoms with E-state index in [-0.39, 0.29) is 11.9 Å². The van der Waals surface area contributed by atoms with E-state index in [9.17, 15) is 15.2 Å². The van der Waals surface area contributed by atoms with Crippen molar-refractivity contribution >= 4 is 23.3 Å². The van der Waals surface area contributed by atoms with Gasteiger partial charge in [-0.15, -0.1) is 0 Å². The van der Waals surface area contributed by atoms with Gasteiger partial charge in [0.15, 0.2) is 0 Å². The number of hydrogen-bond acceptors (Lipinski definition) is 5. The third-order valence-corrected chi connectivity index (χ3v) is 6.55. The molecule has 0 spiro atoms. The normalized spacial score (nSPS) is 15.0. The summed E-state index contributed by atoms with van der Waals surface area (Å²) >= 11 is 6.05. The zero-order valence-electron chi connectivity index (χ0n) is 18.4. The first-order valence-corrected chi connectivity index (χ1v) is 11.3. The third-order valence-electron chi connectivity index (χ3n) is 6.29. The van der Waals surface area contributed by atoms with E-state index in [4.69, 9.17) is 16.3 Å². The summed E-state index contributed by atoms with van der Waals surface area (Å²) in [5.74, 6) is -0.268. The van der Waals surface area contributed by atoms with Crippen LogP contribution in [0.2, 0.25) is 5.02 Å². The Balaban J connectivity index is 1.50. The van der Waals surface area contributed by atoms with E-state index in [1.165, 1.54) is 7.11 Å². The number of aliphatic hydroxyl groups excluding tert-OH is 1. The molecule has 1 heterocycles. The van der Waals surface area contributed by atoms with E-state index < -0.39 is 6.10 Å². The smallest absolute Gasteiger partial charge is 0.337 e. The Morgan fingerprint density at radius 3 is 2.36 bits per heavy atom. The largest absolute Gasteiger partial charge is 0.465 e. The van der Waals surface area contributed by atoms with Gasteiger partial charge in [0.1, 0.15) is 0 Å². The van der Waals surface area contributed by atoms with Crippen LogP contribution in [0.15, 0.2) is 66.7 Å². The summed E-state index contributed by atoms with van der Waals surface area (Å²) in [6.45, 7) is 1.60. The van der Waals surface area contributed by atoms with E-state index in [2.05, 4.69) is 11.0 Å². The lowest BCUT2D eigenvalue weighted by Crippen LogP contribution is -2.35. The first-order valence-electron chi connectivity index (χ1n) is 10.9. The topological polar surface area (TPSA) is 73.6 Å². The molecule has 1 saturated heterocycles. The van der Waals surface area contributed by atoms with Gasteiger partial charge in [0.05, 0.1) is 30.4 Å². The zero-order chi connectivity index (χ0) is 23.4. The molecule has 6 heteroatoms. The first kappa shape index (κ1) is 22.8. The predicted octanol–water partition coefficient (Wildman–Crippen LogP) is 5.62. The maximum absolute atomic E-state index is 11.7. The first-order chi connectivity index (χ1) is 16.0. The van der Waals surface area contributed by atoms with Gasteiger partial charge in [-0.3, -0.25) is 0 Å². The van der Waals surface area contributed by atoms with E-state index in [0.717, 1.165) is 48.3 Å². The molecule has 3 aromatic rings. The number of carbonyl (C=O) groups excluding carboxylic acids is 1. The van der Waals surface area contributed by atoms with Crippen LogP contribution in [0.25, 0.3) is 11.1 Å². The summed E-state index contributed by atoms with van der Waals surface area (Å²) in [6, 6.07) is 22.6. The molecule has 1 N–H and O–H groups in total. The van der Waals surface area contributed by atoms with Crippen LogP contribution in [0, 0.1) is 17.2 Å². The number of methoxy groups -OCH3 is 1. The van der Waals surface area contributed by atoms with Crippen LogP contribution in [0.1, 0.15) is 40.4 Å². The molecule has 3 aromatic carbocycles. The number of halogens is 1. The minimum atomic E-state index is -0.673. The van der Waals surface area contributed by atoms with Crippen molar-refractivity contribution in [3.05, 3.63) is 88.4 Å². The molecule has 0 amide bonds. The number of hydrogen-bond donors (Lipinski definition) is 1. The second-order valence-corrected chi connectivity index (χ2v) is 8.66. The van der Waals surface area contributed by atoms with Crippen LogP contribution in [-0.4, -0.2) is 31.3 Å². The maximum atomic E-state index is 11.7. The molecule has 0 aliphatic carbocycles. The average molecular weight is 461 g/mol. The molecule has 4 rings (SSSR count). The molecule has 1 fully saturated rings. The lowest BCUT2D eigenvalue weighted by Gasteiger charge is -2.36. The van der Waals surface area contributed by atoms with Gasteiger partial charge in [-0.1, -0.05) is 29.8 Å². The molecule has 1 aliphatic heterocycles. The second kappa shape index (κ2) is 10.1. The highest BCUT2D eigenvalue weighted by Gasteiger charge is 2.28. The van der Waals surface area contributed by atoms with Crippen molar-refractivity contribution in [1.29, 1.82) is 5.26 Å². The van der Waals surface area contributed by atoms with Crippen LogP contribution in [0.3, 0.4) is 0 Å². The fourth-order valence-electron chi connectivity index (χ4n) is 4.42. The van der Waals surface area contributed by atoms with Crippen LogP contribution >= 0.6 is 11.6 Å². The van der Waals surface area contributed by atoms with E-state index in [1.807, 2.05) is 42.5 Å². The molecule has 1 unspecified atom stereocenters. The Hall–Kier alpha value is -3.33. The molecule has 0 bridgehead atoms. The van der Waals surface area contributed by atoms with Gasteiger partial charge >= 0.3 is 5.97 Å². The quantitative estimate of drug-likeness (QED) is 0.500. The van der Waals surface area contributed by atoms with Crippen molar-refractivity contribution in [3.63, 3.8) is 0 Å². The number of benzene rings is 3. The Kier molecular flexibility index (Phi) is 6.98. The molecule has 0 aromatic heterocycles. The zero-order valence-corrected chi connectivity index (χ0v) is 19.1.